The number of hydrogen-bond donors (Lipinski definition) is 0. The van der Waals surface area contributed by atoms with Crippen molar-refractivity contribution < 1.29 is 9.47 Å². The summed E-state index contributed by atoms with van der Waals surface area (Å²) in [4.78, 5) is 2.42. The zero-order chi connectivity index (χ0) is 13.0. The van der Waals surface area contributed by atoms with E-state index in [9.17, 15) is 0 Å². The monoisotopic (exact) mass is 313 g/mol. The number of rotatable bonds is 5. The van der Waals surface area contributed by atoms with Gasteiger partial charge in [0.15, 0.2) is 0 Å². The van der Waals surface area contributed by atoms with Crippen molar-refractivity contribution in [3.05, 3.63) is 28.2 Å². The molecule has 3 nitrogen and oxygen atoms in total. The molecule has 1 aliphatic rings. The SMILES string of the molecule is CCOc1c(Br)cccc1CN1CCC(OC)C1. The third-order valence-electron chi connectivity index (χ3n) is 3.29. The third kappa shape index (κ3) is 3.25. The number of halogens is 1. The lowest BCUT2D eigenvalue weighted by Crippen LogP contribution is -2.22. The number of hydrogen-bond acceptors (Lipinski definition) is 3. The fourth-order valence-corrected chi connectivity index (χ4v) is 2.88. The van der Waals surface area contributed by atoms with Crippen LogP contribution in [0, 0.1) is 0 Å². The van der Waals surface area contributed by atoms with Gasteiger partial charge in [-0.25, -0.2) is 0 Å². The fraction of sp³-hybridized carbons (Fsp3) is 0.571. The van der Waals surface area contributed by atoms with Gasteiger partial charge in [-0.2, -0.15) is 0 Å². The first-order valence-corrected chi connectivity index (χ1v) is 7.19. The van der Waals surface area contributed by atoms with Crippen LogP contribution in [-0.4, -0.2) is 37.8 Å². The summed E-state index contributed by atoms with van der Waals surface area (Å²) in [6, 6.07) is 6.22. The number of likely N-dealkylation sites (tertiary alicyclic amines) is 1. The quantitative estimate of drug-likeness (QED) is 0.834. The molecular formula is C14H20BrNO2. The standard InChI is InChI=1S/C14H20BrNO2/c1-3-18-14-11(5-4-6-13(14)15)9-16-8-7-12(10-16)17-2/h4-6,12H,3,7-10H2,1-2H3. The molecule has 2 rings (SSSR count). The van der Waals surface area contributed by atoms with Crippen molar-refractivity contribution in [2.24, 2.45) is 0 Å². The zero-order valence-corrected chi connectivity index (χ0v) is 12.6. The largest absolute Gasteiger partial charge is 0.492 e. The van der Waals surface area contributed by atoms with E-state index in [0.717, 1.165) is 36.3 Å². The second-order valence-corrected chi connectivity index (χ2v) is 5.40. The summed E-state index contributed by atoms with van der Waals surface area (Å²) in [6.07, 6.45) is 1.50. The van der Waals surface area contributed by atoms with Gasteiger partial charge in [-0.1, -0.05) is 12.1 Å². The highest BCUT2D eigenvalue weighted by molar-refractivity contribution is 9.10. The summed E-state index contributed by atoms with van der Waals surface area (Å²) in [7, 11) is 1.79. The number of nitrogens with zero attached hydrogens (tertiary/aromatic N) is 1. The number of ether oxygens (including phenoxy) is 2. The van der Waals surface area contributed by atoms with E-state index in [-0.39, 0.29) is 0 Å². The van der Waals surface area contributed by atoms with Crippen molar-refractivity contribution in [2.45, 2.75) is 26.0 Å². The zero-order valence-electron chi connectivity index (χ0n) is 11.0. The molecule has 1 heterocycles. The van der Waals surface area contributed by atoms with Gasteiger partial charge in [0.2, 0.25) is 0 Å². The molecular weight excluding hydrogens is 294 g/mol. The molecule has 1 fully saturated rings. The first kappa shape index (κ1) is 13.8. The van der Waals surface area contributed by atoms with Crippen molar-refractivity contribution in [3.8, 4) is 5.75 Å². The van der Waals surface area contributed by atoms with Crippen molar-refractivity contribution in [2.75, 3.05) is 26.8 Å². The first-order chi connectivity index (χ1) is 8.74. The van der Waals surface area contributed by atoms with Crippen LogP contribution in [0.5, 0.6) is 5.75 Å². The Hall–Kier alpha value is -0.580. The molecule has 0 aromatic heterocycles. The summed E-state index contributed by atoms with van der Waals surface area (Å²) in [6.45, 7) is 5.73. The maximum Gasteiger partial charge on any atom is 0.137 e. The van der Waals surface area contributed by atoms with Gasteiger partial charge in [0, 0.05) is 32.3 Å². The van der Waals surface area contributed by atoms with Crippen molar-refractivity contribution >= 4 is 15.9 Å². The van der Waals surface area contributed by atoms with Crippen molar-refractivity contribution in [1.29, 1.82) is 0 Å². The smallest absolute Gasteiger partial charge is 0.137 e. The topological polar surface area (TPSA) is 21.7 Å². The third-order valence-corrected chi connectivity index (χ3v) is 3.92. The predicted octanol–water partition coefficient (Wildman–Crippen LogP) is 3.07. The molecule has 1 aromatic rings. The molecule has 0 spiro atoms. The molecule has 1 atom stereocenters. The maximum absolute atomic E-state index is 5.73. The molecule has 1 unspecified atom stereocenters. The van der Waals surface area contributed by atoms with E-state index in [0.29, 0.717) is 12.7 Å². The van der Waals surface area contributed by atoms with Crippen LogP contribution < -0.4 is 4.74 Å². The number of para-hydroxylation sites is 1. The predicted molar refractivity (Wildman–Crippen MR) is 76.0 cm³/mol. The van der Waals surface area contributed by atoms with Gasteiger partial charge in [-0.05, 0) is 35.3 Å². The Balaban J connectivity index is 2.07. The van der Waals surface area contributed by atoms with Crippen LogP contribution in [0.4, 0.5) is 0 Å². The molecule has 100 valence electrons. The highest BCUT2D eigenvalue weighted by atomic mass is 79.9. The van der Waals surface area contributed by atoms with Crippen LogP contribution in [0.15, 0.2) is 22.7 Å². The van der Waals surface area contributed by atoms with Gasteiger partial charge >= 0.3 is 0 Å². The van der Waals surface area contributed by atoms with Crippen LogP contribution in [0.1, 0.15) is 18.9 Å². The number of benzene rings is 1. The van der Waals surface area contributed by atoms with E-state index in [1.165, 1.54) is 5.56 Å². The Bertz CT molecular complexity index is 397. The molecule has 1 saturated heterocycles. The average molecular weight is 314 g/mol. The highest BCUT2D eigenvalue weighted by Gasteiger charge is 2.23. The molecule has 0 radical (unpaired) electrons. The number of methoxy groups -OCH3 is 1. The van der Waals surface area contributed by atoms with Crippen molar-refractivity contribution in [1.82, 2.24) is 4.90 Å². The van der Waals surface area contributed by atoms with Crippen LogP contribution in [-0.2, 0) is 11.3 Å². The highest BCUT2D eigenvalue weighted by Crippen LogP contribution is 2.30. The minimum absolute atomic E-state index is 0.382. The second-order valence-electron chi connectivity index (χ2n) is 4.54. The summed E-state index contributed by atoms with van der Waals surface area (Å²) < 4.78 is 12.2. The van der Waals surface area contributed by atoms with Gasteiger partial charge in [-0.3, -0.25) is 4.90 Å². The van der Waals surface area contributed by atoms with Crippen LogP contribution in [0.2, 0.25) is 0 Å². The summed E-state index contributed by atoms with van der Waals surface area (Å²) in [5, 5.41) is 0. The van der Waals surface area contributed by atoms with E-state index < -0.39 is 0 Å². The minimum Gasteiger partial charge on any atom is -0.492 e. The van der Waals surface area contributed by atoms with Crippen LogP contribution >= 0.6 is 15.9 Å². The lowest BCUT2D eigenvalue weighted by atomic mass is 10.2. The maximum atomic E-state index is 5.73. The second kappa shape index (κ2) is 6.55. The lowest BCUT2D eigenvalue weighted by molar-refractivity contribution is 0.107. The molecule has 0 N–H and O–H groups in total. The normalized spacial score (nSPS) is 20.3. The van der Waals surface area contributed by atoms with Crippen molar-refractivity contribution in [3.63, 3.8) is 0 Å². The Kier molecular flexibility index (Phi) is 5.03. The molecule has 0 amide bonds. The fourth-order valence-electron chi connectivity index (χ4n) is 2.36. The average Bonchev–Trinajstić information content (AvgIpc) is 2.81. The Morgan fingerprint density at radius 1 is 1.44 bits per heavy atom. The lowest BCUT2D eigenvalue weighted by Gasteiger charge is -2.18. The van der Waals surface area contributed by atoms with Gasteiger partial charge in [0.25, 0.3) is 0 Å². The van der Waals surface area contributed by atoms with E-state index in [2.05, 4.69) is 33.0 Å². The molecule has 0 saturated carbocycles. The molecule has 0 bridgehead atoms. The summed E-state index contributed by atoms with van der Waals surface area (Å²) in [5.74, 6) is 0.973. The molecule has 18 heavy (non-hydrogen) atoms. The van der Waals surface area contributed by atoms with Gasteiger partial charge in [0.1, 0.15) is 5.75 Å². The van der Waals surface area contributed by atoms with E-state index in [1.54, 1.807) is 7.11 Å². The Morgan fingerprint density at radius 3 is 2.94 bits per heavy atom. The van der Waals surface area contributed by atoms with E-state index in [4.69, 9.17) is 9.47 Å². The van der Waals surface area contributed by atoms with Gasteiger partial charge in [0.05, 0.1) is 17.2 Å². The van der Waals surface area contributed by atoms with Gasteiger partial charge in [-0.15, -0.1) is 0 Å². The Morgan fingerprint density at radius 2 is 2.28 bits per heavy atom. The minimum atomic E-state index is 0.382. The molecule has 1 aliphatic heterocycles. The molecule has 1 aromatic carbocycles. The van der Waals surface area contributed by atoms with Crippen LogP contribution in [0.3, 0.4) is 0 Å². The summed E-state index contributed by atoms with van der Waals surface area (Å²) >= 11 is 3.55. The van der Waals surface area contributed by atoms with E-state index in [1.807, 2.05) is 13.0 Å². The van der Waals surface area contributed by atoms with Crippen LogP contribution in [0.25, 0.3) is 0 Å². The van der Waals surface area contributed by atoms with E-state index >= 15 is 0 Å². The Labute approximate surface area is 117 Å². The van der Waals surface area contributed by atoms with Gasteiger partial charge < -0.3 is 9.47 Å². The molecule has 4 heteroatoms. The summed E-state index contributed by atoms with van der Waals surface area (Å²) in [5.41, 5.74) is 1.24. The molecule has 0 aliphatic carbocycles. The first-order valence-electron chi connectivity index (χ1n) is 6.40.